The summed E-state index contributed by atoms with van der Waals surface area (Å²) in [5.41, 5.74) is 0. The van der Waals surface area contributed by atoms with E-state index in [0.717, 1.165) is 6.42 Å². The lowest BCUT2D eigenvalue weighted by atomic mass is 10.3. The smallest absolute Gasteiger partial charge is 0.220 e. The molecule has 0 aliphatic carbocycles. The second kappa shape index (κ2) is 4.54. The van der Waals surface area contributed by atoms with E-state index in [-0.39, 0.29) is 5.91 Å². The maximum absolute atomic E-state index is 11.0. The minimum absolute atomic E-state index is 0.0499. The molecule has 0 saturated heterocycles. The number of amides is 1. The summed E-state index contributed by atoms with van der Waals surface area (Å²) < 4.78 is 4.94. The van der Waals surface area contributed by atoms with Crippen LogP contribution in [0.3, 0.4) is 0 Å². The van der Waals surface area contributed by atoms with Crippen molar-refractivity contribution in [1.29, 1.82) is 0 Å². The lowest BCUT2D eigenvalue weighted by Crippen LogP contribution is -2.21. The van der Waals surface area contributed by atoms with Crippen LogP contribution in [0.25, 0.3) is 0 Å². The predicted octanol–water partition coefficient (Wildman–Crippen LogP) is 1.09. The summed E-state index contributed by atoms with van der Waals surface area (Å²) in [5.74, 6) is 0.730. The van der Waals surface area contributed by atoms with Gasteiger partial charge in [-0.15, -0.1) is 0 Å². The molecule has 1 heterocycles. The molecule has 0 radical (unpaired) electrons. The van der Waals surface area contributed by atoms with Crippen molar-refractivity contribution in [2.75, 3.05) is 0 Å². The van der Waals surface area contributed by atoms with Crippen LogP contribution in [0.4, 0.5) is 0 Å². The minimum Gasteiger partial charge on any atom is -0.447 e. The number of oxazole rings is 1. The summed E-state index contributed by atoms with van der Waals surface area (Å²) in [4.78, 5) is 14.7. The fourth-order valence-electron chi connectivity index (χ4n) is 0.831. The zero-order valence-electron chi connectivity index (χ0n) is 7.04. The SMILES string of the molecule is CCCC(=O)NCc1cnco1. The van der Waals surface area contributed by atoms with Gasteiger partial charge in [-0.05, 0) is 6.42 Å². The Balaban J connectivity index is 2.22. The normalized spacial score (nSPS) is 9.75. The first kappa shape index (κ1) is 8.77. The largest absolute Gasteiger partial charge is 0.447 e. The number of hydrogen-bond donors (Lipinski definition) is 1. The Morgan fingerprint density at radius 2 is 2.58 bits per heavy atom. The average molecular weight is 168 g/mol. The molecule has 1 N–H and O–H groups in total. The van der Waals surface area contributed by atoms with Crippen molar-refractivity contribution in [3.05, 3.63) is 18.4 Å². The van der Waals surface area contributed by atoms with Crippen LogP contribution in [-0.4, -0.2) is 10.9 Å². The highest BCUT2D eigenvalue weighted by molar-refractivity contribution is 5.75. The van der Waals surface area contributed by atoms with Crippen LogP contribution in [0, 0.1) is 0 Å². The highest BCUT2D eigenvalue weighted by Gasteiger charge is 2.00. The lowest BCUT2D eigenvalue weighted by molar-refractivity contribution is -0.121. The zero-order valence-corrected chi connectivity index (χ0v) is 7.04. The molecule has 0 fully saturated rings. The Hall–Kier alpha value is -1.32. The van der Waals surface area contributed by atoms with E-state index in [4.69, 9.17) is 4.42 Å². The van der Waals surface area contributed by atoms with E-state index >= 15 is 0 Å². The van der Waals surface area contributed by atoms with Gasteiger partial charge in [-0.2, -0.15) is 0 Å². The van der Waals surface area contributed by atoms with Gasteiger partial charge in [-0.25, -0.2) is 4.98 Å². The Morgan fingerprint density at radius 1 is 1.75 bits per heavy atom. The zero-order chi connectivity index (χ0) is 8.81. The maximum atomic E-state index is 11.0. The highest BCUT2D eigenvalue weighted by atomic mass is 16.3. The fourth-order valence-corrected chi connectivity index (χ4v) is 0.831. The molecule has 0 saturated carbocycles. The maximum Gasteiger partial charge on any atom is 0.220 e. The van der Waals surface area contributed by atoms with Gasteiger partial charge in [0.1, 0.15) is 5.76 Å². The van der Waals surface area contributed by atoms with Crippen LogP contribution in [-0.2, 0) is 11.3 Å². The molecule has 1 rings (SSSR count). The van der Waals surface area contributed by atoms with Gasteiger partial charge < -0.3 is 9.73 Å². The molecule has 0 bridgehead atoms. The fraction of sp³-hybridized carbons (Fsp3) is 0.500. The standard InChI is InChI=1S/C8H12N2O2/c1-2-3-8(11)10-5-7-4-9-6-12-7/h4,6H,2-3,5H2,1H3,(H,10,11). The minimum atomic E-state index is 0.0499. The van der Waals surface area contributed by atoms with Crippen molar-refractivity contribution in [1.82, 2.24) is 10.3 Å². The molecule has 0 unspecified atom stereocenters. The summed E-state index contributed by atoms with van der Waals surface area (Å²) in [5, 5.41) is 2.71. The van der Waals surface area contributed by atoms with Crippen LogP contribution < -0.4 is 5.32 Å². The Bertz CT molecular complexity index is 231. The molecule has 12 heavy (non-hydrogen) atoms. The van der Waals surface area contributed by atoms with Crippen molar-refractivity contribution < 1.29 is 9.21 Å². The van der Waals surface area contributed by atoms with Crippen LogP contribution >= 0.6 is 0 Å². The summed E-state index contributed by atoms with van der Waals surface area (Å²) in [6.45, 7) is 2.40. The number of nitrogens with one attached hydrogen (secondary N) is 1. The van der Waals surface area contributed by atoms with Crippen molar-refractivity contribution in [2.45, 2.75) is 26.3 Å². The van der Waals surface area contributed by atoms with Gasteiger partial charge in [0.15, 0.2) is 6.39 Å². The summed E-state index contributed by atoms with van der Waals surface area (Å²) in [6.07, 6.45) is 4.36. The quantitative estimate of drug-likeness (QED) is 0.732. The predicted molar refractivity (Wildman–Crippen MR) is 43.3 cm³/mol. The molecule has 0 aliphatic rings. The first-order valence-electron chi connectivity index (χ1n) is 3.97. The molecular formula is C8H12N2O2. The lowest BCUT2D eigenvalue weighted by Gasteiger charge is -1.99. The van der Waals surface area contributed by atoms with E-state index in [1.807, 2.05) is 6.92 Å². The van der Waals surface area contributed by atoms with Gasteiger partial charge in [0.25, 0.3) is 0 Å². The molecule has 1 amide bonds. The van der Waals surface area contributed by atoms with Crippen molar-refractivity contribution in [3.8, 4) is 0 Å². The van der Waals surface area contributed by atoms with E-state index in [9.17, 15) is 4.79 Å². The summed E-state index contributed by atoms with van der Waals surface area (Å²) in [6, 6.07) is 0. The van der Waals surface area contributed by atoms with Crippen LogP contribution in [0.1, 0.15) is 25.5 Å². The number of carbonyl (C=O) groups is 1. The summed E-state index contributed by atoms with van der Waals surface area (Å²) in [7, 11) is 0. The van der Waals surface area contributed by atoms with Crippen LogP contribution in [0.2, 0.25) is 0 Å². The molecule has 0 atom stereocenters. The third kappa shape index (κ3) is 2.74. The van der Waals surface area contributed by atoms with Gasteiger partial charge in [-0.3, -0.25) is 4.79 Å². The van der Waals surface area contributed by atoms with Crippen molar-refractivity contribution >= 4 is 5.91 Å². The molecule has 0 spiro atoms. The molecule has 4 heteroatoms. The number of rotatable bonds is 4. The van der Waals surface area contributed by atoms with Crippen molar-refractivity contribution in [2.24, 2.45) is 0 Å². The first-order valence-corrected chi connectivity index (χ1v) is 3.97. The van der Waals surface area contributed by atoms with E-state index < -0.39 is 0 Å². The van der Waals surface area contributed by atoms with Crippen LogP contribution in [0.15, 0.2) is 17.0 Å². The van der Waals surface area contributed by atoms with Gasteiger partial charge in [0, 0.05) is 6.42 Å². The second-order valence-electron chi connectivity index (χ2n) is 2.49. The topological polar surface area (TPSA) is 55.1 Å². The van der Waals surface area contributed by atoms with E-state index in [2.05, 4.69) is 10.3 Å². The Labute approximate surface area is 71.0 Å². The monoisotopic (exact) mass is 168 g/mol. The molecule has 0 aromatic carbocycles. The van der Waals surface area contributed by atoms with Gasteiger partial charge in [-0.1, -0.05) is 6.92 Å². The van der Waals surface area contributed by atoms with Gasteiger partial charge in [0.05, 0.1) is 12.7 Å². The molecular weight excluding hydrogens is 156 g/mol. The molecule has 4 nitrogen and oxygen atoms in total. The number of nitrogens with zero attached hydrogens (tertiary/aromatic N) is 1. The molecule has 66 valence electrons. The third-order valence-electron chi connectivity index (χ3n) is 1.42. The van der Waals surface area contributed by atoms with Gasteiger partial charge >= 0.3 is 0 Å². The van der Waals surface area contributed by atoms with E-state index in [1.165, 1.54) is 6.39 Å². The highest BCUT2D eigenvalue weighted by Crippen LogP contribution is 1.95. The average Bonchev–Trinajstić information content (AvgIpc) is 2.53. The molecule has 1 aromatic rings. The van der Waals surface area contributed by atoms with E-state index in [0.29, 0.717) is 18.7 Å². The number of carbonyl (C=O) groups excluding carboxylic acids is 1. The third-order valence-corrected chi connectivity index (χ3v) is 1.42. The Kier molecular flexibility index (Phi) is 3.32. The van der Waals surface area contributed by atoms with Gasteiger partial charge in [0.2, 0.25) is 5.91 Å². The number of aromatic nitrogens is 1. The summed E-state index contributed by atoms with van der Waals surface area (Å²) >= 11 is 0. The number of hydrogen-bond acceptors (Lipinski definition) is 3. The van der Waals surface area contributed by atoms with Crippen molar-refractivity contribution in [3.63, 3.8) is 0 Å². The first-order chi connectivity index (χ1) is 5.83. The molecule has 1 aromatic heterocycles. The molecule has 0 aliphatic heterocycles. The van der Waals surface area contributed by atoms with E-state index in [1.54, 1.807) is 6.20 Å². The Morgan fingerprint density at radius 3 is 3.17 bits per heavy atom. The van der Waals surface area contributed by atoms with Crippen LogP contribution in [0.5, 0.6) is 0 Å². The second-order valence-corrected chi connectivity index (χ2v) is 2.49.